The molecule has 2 heterocycles. The summed E-state index contributed by atoms with van der Waals surface area (Å²) in [5.41, 5.74) is 4.80. The average molecular weight is 526 g/mol. The Balaban J connectivity index is 1.58. The number of aromatic hydroxyl groups is 1. The molecule has 0 bridgehead atoms. The van der Waals surface area contributed by atoms with E-state index in [1.807, 2.05) is 67.5 Å². The highest BCUT2D eigenvalue weighted by atomic mass is 35.5. The second-order valence-electron chi connectivity index (χ2n) is 9.49. The van der Waals surface area contributed by atoms with Gasteiger partial charge < -0.3 is 19.9 Å². The van der Waals surface area contributed by atoms with Crippen molar-refractivity contribution in [2.24, 2.45) is 4.99 Å². The molecule has 0 spiro atoms. The van der Waals surface area contributed by atoms with Gasteiger partial charge in [-0.05, 0) is 68.7 Å². The van der Waals surface area contributed by atoms with E-state index >= 15 is 0 Å². The maximum Gasteiger partial charge on any atom is 0.253 e. The lowest BCUT2D eigenvalue weighted by Gasteiger charge is -2.19. The first-order chi connectivity index (χ1) is 18.3. The van der Waals surface area contributed by atoms with Crippen LogP contribution in [0.1, 0.15) is 21.5 Å². The molecular formula is C30H28ClN5O2. The fourth-order valence-corrected chi connectivity index (χ4v) is 4.53. The van der Waals surface area contributed by atoms with Gasteiger partial charge in [-0.15, -0.1) is 0 Å². The first kappa shape index (κ1) is 25.4. The van der Waals surface area contributed by atoms with Crippen LogP contribution in [0.15, 0.2) is 84.0 Å². The third-order valence-corrected chi connectivity index (χ3v) is 6.67. The number of benzene rings is 3. The number of nitrogens with zero attached hydrogens (tertiary/aromatic N) is 4. The maximum atomic E-state index is 12.9. The normalized spacial score (nSPS) is 12.0. The molecule has 7 nitrogen and oxygen atoms in total. The van der Waals surface area contributed by atoms with Gasteiger partial charge in [0.2, 0.25) is 0 Å². The Labute approximate surface area is 226 Å². The molecule has 5 rings (SSSR count). The van der Waals surface area contributed by atoms with Gasteiger partial charge >= 0.3 is 0 Å². The van der Waals surface area contributed by atoms with E-state index in [0.29, 0.717) is 39.6 Å². The number of rotatable bonds is 7. The Morgan fingerprint density at radius 1 is 0.974 bits per heavy atom. The summed E-state index contributed by atoms with van der Waals surface area (Å²) in [5.74, 6) is -0.0441. The number of pyridine rings is 1. The zero-order valence-corrected chi connectivity index (χ0v) is 22.2. The minimum atomic E-state index is -0.0456. The molecule has 8 heteroatoms. The van der Waals surface area contributed by atoms with Gasteiger partial charge in [0.05, 0.1) is 28.0 Å². The van der Waals surface area contributed by atoms with E-state index in [9.17, 15) is 9.90 Å². The molecular weight excluding hydrogens is 498 g/mol. The standard InChI is InChI=1S/C30H28ClN5O2/c1-35(2)15-16-36(3)30(38)19-6-10-23(11-7-19)33-28(21-8-13-25-20(17-21)5-4-14-32-25)27-24-12-9-22(31)18-26(24)34-29(27)37/h4-14,17-18,34,37H,15-16H2,1-3H3. The Hall–Kier alpha value is -4.20. The smallest absolute Gasteiger partial charge is 0.253 e. The predicted octanol–water partition coefficient (Wildman–Crippen LogP) is 5.88. The molecule has 0 aliphatic heterocycles. The topological polar surface area (TPSA) is 84.8 Å². The number of hydrogen-bond acceptors (Lipinski definition) is 5. The van der Waals surface area contributed by atoms with Gasteiger partial charge in [-0.1, -0.05) is 29.8 Å². The minimum Gasteiger partial charge on any atom is -0.494 e. The van der Waals surface area contributed by atoms with Crippen LogP contribution in [0.4, 0.5) is 5.69 Å². The molecule has 38 heavy (non-hydrogen) atoms. The molecule has 2 aromatic heterocycles. The van der Waals surface area contributed by atoms with Crippen molar-refractivity contribution in [3.8, 4) is 5.88 Å². The monoisotopic (exact) mass is 525 g/mol. The zero-order valence-electron chi connectivity index (χ0n) is 21.4. The van der Waals surface area contributed by atoms with E-state index < -0.39 is 0 Å². The molecule has 5 aromatic rings. The third-order valence-electron chi connectivity index (χ3n) is 6.44. The number of aromatic amines is 1. The van der Waals surface area contributed by atoms with Gasteiger partial charge in [-0.2, -0.15) is 0 Å². The van der Waals surface area contributed by atoms with Crippen LogP contribution in [0.5, 0.6) is 5.88 Å². The van der Waals surface area contributed by atoms with Crippen LogP contribution in [-0.2, 0) is 0 Å². The highest BCUT2D eigenvalue weighted by Crippen LogP contribution is 2.33. The number of halogens is 1. The fourth-order valence-electron chi connectivity index (χ4n) is 4.36. The quantitative estimate of drug-likeness (QED) is 0.260. The number of carbonyl (C=O) groups excluding carboxylic acids is 1. The number of amides is 1. The highest BCUT2D eigenvalue weighted by Gasteiger charge is 2.20. The summed E-state index contributed by atoms with van der Waals surface area (Å²) >= 11 is 6.20. The predicted molar refractivity (Wildman–Crippen MR) is 154 cm³/mol. The van der Waals surface area contributed by atoms with Gasteiger partial charge in [0.1, 0.15) is 0 Å². The van der Waals surface area contributed by atoms with E-state index in [2.05, 4.69) is 9.97 Å². The van der Waals surface area contributed by atoms with Gasteiger partial charge in [0.15, 0.2) is 5.88 Å². The Bertz CT molecular complexity index is 1660. The van der Waals surface area contributed by atoms with E-state index in [1.54, 1.807) is 42.4 Å². The molecule has 0 saturated heterocycles. The molecule has 2 N–H and O–H groups in total. The lowest BCUT2D eigenvalue weighted by atomic mass is 9.99. The molecule has 0 radical (unpaired) electrons. The third kappa shape index (κ3) is 5.25. The summed E-state index contributed by atoms with van der Waals surface area (Å²) in [5, 5.41) is 13.3. The van der Waals surface area contributed by atoms with Crippen LogP contribution in [0.3, 0.4) is 0 Å². The summed E-state index contributed by atoms with van der Waals surface area (Å²) < 4.78 is 0. The van der Waals surface area contributed by atoms with Crippen molar-refractivity contribution in [2.75, 3.05) is 34.2 Å². The summed E-state index contributed by atoms with van der Waals surface area (Å²) in [7, 11) is 5.76. The van der Waals surface area contributed by atoms with Crippen molar-refractivity contribution < 1.29 is 9.90 Å². The number of aliphatic imine (C=N–C) groups is 1. The van der Waals surface area contributed by atoms with Gasteiger partial charge in [-0.25, -0.2) is 4.99 Å². The first-order valence-corrected chi connectivity index (χ1v) is 12.6. The number of H-pyrrole nitrogens is 1. The van der Waals surface area contributed by atoms with E-state index in [0.717, 1.165) is 28.4 Å². The van der Waals surface area contributed by atoms with E-state index in [-0.39, 0.29) is 11.8 Å². The van der Waals surface area contributed by atoms with Crippen molar-refractivity contribution in [1.82, 2.24) is 19.8 Å². The largest absolute Gasteiger partial charge is 0.494 e. The van der Waals surface area contributed by atoms with Crippen LogP contribution >= 0.6 is 11.6 Å². The second-order valence-corrected chi connectivity index (χ2v) is 9.92. The second kappa shape index (κ2) is 10.7. The van der Waals surface area contributed by atoms with Crippen molar-refractivity contribution in [2.45, 2.75) is 0 Å². The lowest BCUT2D eigenvalue weighted by molar-refractivity contribution is 0.0786. The lowest BCUT2D eigenvalue weighted by Crippen LogP contribution is -2.33. The summed E-state index contributed by atoms with van der Waals surface area (Å²) in [6.07, 6.45) is 1.76. The van der Waals surface area contributed by atoms with Crippen LogP contribution in [0, 0.1) is 0 Å². The van der Waals surface area contributed by atoms with E-state index in [1.165, 1.54) is 0 Å². The number of hydrogen-bond donors (Lipinski definition) is 2. The molecule has 3 aromatic carbocycles. The average Bonchev–Trinajstić information content (AvgIpc) is 3.24. The Morgan fingerprint density at radius 3 is 2.50 bits per heavy atom. The van der Waals surface area contributed by atoms with Crippen LogP contribution in [0.2, 0.25) is 5.02 Å². The van der Waals surface area contributed by atoms with Crippen LogP contribution in [0.25, 0.3) is 21.8 Å². The maximum absolute atomic E-state index is 12.9. The van der Waals surface area contributed by atoms with Crippen molar-refractivity contribution in [3.63, 3.8) is 0 Å². The number of nitrogens with one attached hydrogen (secondary N) is 1. The molecule has 0 unspecified atom stereocenters. The summed E-state index contributed by atoms with van der Waals surface area (Å²) in [4.78, 5) is 29.0. The molecule has 0 saturated carbocycles. The Morgan fingerprint density at radius 2 is 1.74 bits per heavy atom. The van der Waals surface area contributed by atoms with Gasteiger partial charge in [0.25, 0.3) is 5.91 Å². The number of fused-ring (bicyclic) bond motifs is 2. The molecule has 0 atom stereocenters. The first-order valence-electron chi connectivity index (χ1n) is 12.2. The van der Waals surface area contributed by atoms with Crippen molar-refractivity contribution >= 4 is 50.7 Å². The minimum absolute atomic E-state index is 0.00150. The highest BCUT2D eigenvalue weighted by molar-refractivity contribution is 6.31. The zero-order chi connectivity index (χ0) is 26.8. The summed E-state index contributed by atoms with van der Waals surface area (Å²) in [6, 6.07) is 22.4. The number of carbonyl (C=O) groups is 1. The number of likely N-dealkylation sites (N-methyl/N-ethyl adjacent to an activating group) is 2. The van der Waals surface area contributed by atoms with Crippen LogP contribution < -0.4 is 0 Å². The molecule has 192 valence electrons. The van der Waals surface area contributed by atoms with Crippen molar-refractivity contribution in [1.29, 1.82) is 0 Å². The molecule has 1 amide bonds. The Kier molecular flexibility index (Phi) is 7.13. The van der Waals surface area contributed by atoms with Gasteiger partial charge in [-0.3, -0.25) is 9.78 Å². The van der Waals surface area contributed by atoms with Crippen molar-refractivity contribution in [3.05, 3.63) is 101 Å². The SMILES string of the molecule is CN(C)CCN(C)C(=O)c1ccc(N=C(c2ccc3ncccc3c2)c2c(O)[nH]c3cc(Cl)ccc23)cc1. The van der Waals surface area contributed by atoms with Crippen LogP contribution in [-0.4, -0.2) is 70.7 Å². The summed E-state index contributed by atoms with van der Waals surface area (Å²) in [6.45, 7) is 1.42. The number of aromatic nitrogens is 2. The molecule has 0 aliphatic carbocycles. The molecule has 0 aliphatic rings. The molecule has 0 fully saturated rings. The van der Waals surface area contributed by atoms with Gasteiger partial charge in [0, 0.05) is 53.3 Å². The van der Waals surface area contributed by atoms with E-state index in [4.69, 9.17) is 16.6 Å². The fraction of sp³-hybridized carbons (Fsp3) is 0.167.